The van der Waals surface area contributed by atoms with Crippen LogP contribution in [0.1, 0.15) is 58.7 Å². The number of ether oxygens (including phenoxy) is 1. The van der Waals surface area contributed by atoms with Crippen LogP contribution in [0.3, 0.4) is 0 Å². The summed E-state index contributed by atoms with van der Waals surface area (Å²) in [6.45, 7) is 11.1. The van der Waals surface area contributed by atoms with Gasteiger partial charge in [0.05, 0.1) is 5.60 Å². The number of rotatable bonds is 7. The minimum atomic E-state index is -0.0695. The molecule has 0 bridgehead atoms. The summed E-state index contributed by atoms with van der Waals surface area (Å²) in [6, 6.07) is 1.99. The highest BCUT2D eigenvalue weighted by atomic mass is 16.5. The van der Waals surface area contributed by atoms with Crippen LogP contribution >= 0.6 is 0 Å². The molecule has 5 heteroatoms. The van der Waals surface area contributed by atoms with E-state index in [0.717, 1.165) is 56.4 Å². The first-order valence-corrected chi connectivity index (χ1v) is 8.03. The van der Waals surface area contributed by atoms with Crippen molar-refractivity contribution in [1.29, 1.82) is 0 Å². The highest BCUT2D eigenvalue weighted by Gasteiger charge is 2.29. The van der Waals surface area contributed by atoms with E-state index in [-0.39, 0.29) is 5.60 Å². The summed E-state index contributed by atoms with van der Waals surface area (Å²) in [6.07, 6.45) is 3.32. The summed E-state index contributed by atoms with van der Waals surface area (Å²) in [4.78, 5) is 9.19. The molecule has 0 aliphatic carbocycles. The zero-order valence-corrected chi connectivity index (χ0v) is 13.7. The molecule has 2 N–H and O–H groups in total. The second-order valence-corrected chi connectivity index (χ2v) is 6.33. The first-order chi connectivity index (χ1) is 10.0. The van der Waals surface area contributed by atoms with Gasteiger partial charge in [0, 0.05) is 31.7 Å². The second kappa shape index (κ2) is 7.07. The number of nitrogens with zero attached hydrogens (tertiary/aromatic N) is 2. The molecule has 0 saturated carbocycles. The largest absolute Gasteiger partial charge is 0.373 e. The fourth-order valence-electron chi connectivity index (χ4n) is 2.41. The zero-order valence-electron chi connectivity index (χ0n) is 13.7. The van der Waals surface area contributed by atoms with E-state index in [1.54, 1.807) is 0 Å². The lowest BCUT2D eigenvalue weighted by atomic mass is 10.0. The first-order valence-electron chi connectivity index (χ1n) is 8.03. The summed E-state index contributed by atoms with van der Waals surface area (Å²) in [5, 5.41) is 6.77. The molecule has 5 nitrogen and oxygen atoms in total. The van der Waals surface area contributed by atoms with Crippen molar-refractivity contribution in [2.45, 2.75) is 58.5 Å². The number of anilines is 2. The lowest BCUT2D eigenvalue weighted by Crippen LogP contribution is -2.32. The molecule has 2 rings (SSSR count). The lowest BCUT2D eigenvalue weighted by molar-refractivity contribution is 0.0314. The quantitative estimate of drug-likeness (QED) is 0.806. The summed E-state index contributed by atoms with van der Waals surface area (Å²) in [5.74, 6) is 2.96. The molecule has 1 aromatic rings. The van der Waals surface area contributed by atoms with Gasteiger partial charge in [-0.15, -0.1) is 0 Å². The van der Waals surface area contributed by atoms with E-state index in [2.05, 4.69) is 48.3 Å². The molecule has 0 radical (unpaired) electrons. The average molecular weight is 292 g/mol. The smallest absolute Gasteiger partial charge is 0.135 e. The van der Waals surface area contributed by atoms with Gasteiger partial charge in [-0.1, -0.05) is 20.8 Å². The zero-order chi connectivity index (χ0) is 15.3. The molecule has 118 valence electrons. The Hall–Kier alpha value is -1.36. The van der Waals surface area contributed by atoms with Crippen molar-refractivity contribution < 1.29 is 4.74 Å². The van der Waals surface area contributed by atoms with Gasteiger partial charge in [0.1, 0.15) is 17.5 Å². The number of nitrogens with one attached hydrogen (secondary N) is 2. The molecular weight excluding hydrogens is 264 g/mol. The van der Waals surface area contributed by atoms with E-state index in [0.29, 0.717) is 5.92 Å². The highest BCUT2D eigenvalue weighted by Crippen LogP contribution is 2.25. The van der Waals surface area contributed by atoms with Gasteiger partial charge in [-0.25, -0.2) is 9.97 Å². The van der Waals surface area contributed by atoms with E-state index in [4.69, 9.17) is 4.74 Å². The second-order valence-electron chi connectivity index (χ2n) is 6.33. The fourth-order valence-corrected chi connectivity index (χ4v) is 2.41. The number of aromatic nitrogens is 2. The molecule has 1 fully saturated rings. The summed E-state index contributed by atoms with van der Waals surface area (Å²) >= 11 is 0. The van der Waals surface area contributed by atoms with Crippen LogP contribution in [0, 0.1) is 0 Å². The van der Waals surface area contributed by atoms with E-state index in [1.807, 2.05) is 6.07 Å². The Morgan fingerprint density at radius 3 is 2.57 bits per heavy atom. The Labute approximate surface area is 127 Å². The minimum absolute atomic E-state index is 0.0695. The SMILES string of the molecule is CCCNc1cc(NCC2(C)CCCO2)nc(C(C)C)n1. The standard InChI is InChI=1S/C16H28N4O/c1-5-8-17-13-10-14(20-15(19-13)12(2)3)18-11-16(4)7-6-9-21-16/h10,12H,5-9,11H2,1-4H3,(H2,17,18,19,20). The summed E-state index contributed by atoms with van der Waals surface area (Å²) in [5.41, 5.74) is -0.0695. The molecule has 0 amide bonds. The van der Waals surface area contributed by atoms with Crippen LogP contribution in [0.5, 0.6) is 0 Å². The van der Waals surface area contributed by atoms with E-state index >= 15 is 0 Å². The third kappa shape index (κ3) is 4.56. The molecule has 2 heterocycles. The molecule has 0 aromatic carbocycles. The van der Waals surface area contributed by atoms with Crippen molar-refractivity contribution in [1.82, 2.24) is 9.97 Å². The minimum Gasteiger partial charge on any atom is -0.373 e. The van der Waals surface area contributed by atoms with Crippen LogP contribution < -0.4 is 10.6 Å². The Balaban J connectivity index is 2.07. The van der Waals surface area contributed by atoms with E-state index in [9.17, 15) is 0 Å². The third-order valence-electron chi connectivity index (χ3n) is 3.76. The van der Waals surface area contributed by atoms with Crippen LogP contribution in [0.25, 0.3) is 0 Å². The third-order valence-corrected chi connectivity index (χ3v) is 3.76. The van der Waals surface area contributed by atoms with Gasteiger partial charge in [-0.3, -0.25) is 0 Å². The van der Waals surface area contributed by atoms with Gasteiger partial charge < -0.3 is 15.4 Å². The van der Waals surface area contributed by atoms with Crippen molar-refractivity contribution in [3.05, 3.63) is 11.9 Å². The van der Waals surface area contributed by atoms with Crippen molar-refractivity contribution in [2.24, 2.45) is 0 Å². The van der Waals surface area contributed by atoms with Crippen LogP contribution in [0.4, 0.5) is 11.6 Å². The molecule has 1 aliphatic heterocycles. The van der Waals surface area contributed by atoms with Gasteiger partial charge in [0.2, 0.25) is 0 Å². The van der Waals surface area contributed by atoms with Gasteiger partial charge >= 0.3 is 0 Å². The van der Waals surface area contributed by atoms with Crippen LogP contribution in [0.2, 0.25) is 0 Å². The average Bonchev–Trinajstić information content (AvgIpc) is 2.90. The monoisotopic (exact) mass is 292 g/mol. The molecule has 1 atom stereocenters. The maximum atomic E-state index is 5.81. The van der Waals surface area contributed by atoms with Gasteiger partial charge in [0.25, 0.3) is 0 Å². The Kier molecular flexibility index (Phi) is 5.39. The van der Waals surface area contributed by atoms with Crippen LogP contribution in [0.15, 0.2) is 6.07 Å². The molecule has 1 saturated heterocycles. The molecule has 21 heavy (non-hydrogen) atoms. The predicted molar refractivity (Wildman–Crippen MR) is 87.0 cm³/mol. The van der Waals surface area contributed by atoms with E-state index < -0.39 is 0 Å². The molecule has 1 unspecified atom stereocenters. The van der Waals surface area contributed by atoms with Gasteiger partial charge in [0.15, 0.2) is 0 Å². The molecular formula is C16H28N4O. The van der Waals surface area contributed by atoms with Crippen molar-refractivity contribution in [3.8, 4) is 0 Å². The number of hydrogen-bond acceptors (Lipinski definition) is 5. The van der Waals surface area contributed by atoms with E-state index in [1.165, 1.54) is 0 Å². The Bertz CT molecular complexity index is 456. The lowest BCUT2D eigenvalue weighted by Gasteiger charge is -2.24. The van der Waals surface area contributed by atoms with Gasteiger partial charge in [-0.2, -0.15) is 0 Å². The topological polar surface area (TPSA) is 59.1 Å². The van der Waals surface area contributed by atoms with Crippen molar-refractivity contribution >= 4 is 11.6 Å². The molecule has 0 spiro atoms. The fraction of sp³-hybridized carbons (Fsp3) is 0.750. The van der Waals surface area contributed by atoms with Crippen LogP contribution in [-0.4, -0.2) is 35.3 Å². The summed E-state index contributed by atoms with van der Waals surface area (Å²) < 4.78 is 5.81. The molecule has 1 aromatic heterocycles. The first kappa shape index (κ1) is 16.0. The normalized spacial score (nSPS) is 21.8. The summed E-state index contributed by atoms with van der Waals surface area (Å²) in [7, 11) is 0. The van der Waals surface area contributed by atoms with Crippen molar-refractivity contribution in [2.75, 3.05) is 30.3 Å². The highest BCUT2D eigenvalue weighted by molar-refractivity contribution is 5.48. The molecule has 1 aliphatic rings. The maximum Gasteiger partial charge on any atom is 0.135 e. The Morgan fingerprint density at radius 2 is 2.00 bits per heavy atom. The van der Waals surface area contributed by atoms with Crippen LogP contribution in [-0.2, 0) is 4.74 Å². The van der Waals surface area contributed by atoms with Crippen molar-refractivity contribution in [3.63, 3.8) is 0 Å². The number of hydrogen-bond donors (Lipinski definition) is 2. The van der Waals surface area contributed by atoms with Gasteiger partial charge in [-0.05, 0) is 26.2 Å². The maximum absolute atomic E-state index is 5.81. The Morgan fingerprint density at radius 1 is 1.29 bits per heavy atom. The predicted octanol–water partition coefficient (Wildman–Crippen LogP) is 3.40.